The quantitative estimate of drug-likeness (QED) is 0.172. The van der Waals surface area contributed by atoms with E-state index in [2.05, 4.69) is 83.0 Å². The first-order valence-corrected chi connectivity index (χ1v) is 22.8. The molecule has 336 valence electrons. The van der Waals surface area contributed by atoms with Crippen LogP contribution in [-0.2, 0) is 19.1 Å². The lowest BCUT2D eigenvalue weighted by atomic mass is 9.68. The second-order valence-corrected chi connectivity index (χ2v) is 20.0. The average molecular weight is 862 g/mol. The number of piperidine rings is 1. The Morgan fingerprint density at radius 2 is 1.32 bits per heavy atom. The number of rotatable bonds is 11. The number of methoxy groups -OCH3 is 2. The topological polar surface area (TPSA) is 174 Å². The second-order valence-electron chi connectivity index (χ2n) is 20.0. The standard InChI is InChI=1S/C48H63N9O6/c1-24(2)40(53-46(60)62-8)44(58)55-22-26(5)16-34(55)42-49-20-32(51-42)29-12-10-28(11-13-29)30-14-15-31(39-37-19-48(7)18-36(38(30)39)57(37)48)33-21-50-43(52-33)35-17-27(6)23-56(35)45(59)41(25(3)4)54-47(61)63-9/h10-15,20,24-27,34-37,40-41,43,50H,16-19,21-23H2,1-9H3,(H,49,51)(H,53,60)(H,54,61). The van der Waals surface area contributed by atoms with Gasteiger partial charge in [0.1, 0.15) is 24.1 Å². The summed E-state index contributed by atoms with van der Waals surface area (Å²) in [5.74, 6) is 0.889. The number of carbonyl (C=O) groups excluding carboxylic acids is 4. The summed E-state index contributed by atoms with van der Waals surface area (Å²) in [6.45, 7) is 16.2. The highest BCUT2D eigenvalue weighted by Gasteiger charge is 2.66. The molecule has 15 nitrogen and oxygen atoms in total. The van der Waals surface area contributed by atoms with Gasteiger partial charge in [0.05, 0.1) is 43.9 Å². The molecule has 6 aliphatic heterocycles. The summed E-state index contributed by atoms with van der Waals surface area (Å²) in [5.41, 5.74) is 9.61. The van der Waals surface area contributed by atoms with Gasteiger partial charge in [-0.3, -0.25) is 24.8 Å². The Labute approximate surface area is 370 Å². The Bertz CT molecular complexity index is 2330. The molecule has 0 spiro atoms. The van der Waals surface area contributed by atoms with Crippen LogP contribution in [0.15, 0.2) is 47.6 Å². The molecule has 4 saturated heterocycles. The van der Waals surface area contributed by atoms with E-state index in [1.54, 1.807) is 0 Å². The van der Waals surface area contributed by atoms with E-state index in [4.69, 9.17) is 19.5 Å². The Morgan fingerprint density at radius 1 is 0.762 bits per heavy atom. The van der Waals surface area contributed by atoms with Crippen LogP contribution in [-0.4, -0.2) is 118 Å². The fraction of sp³-hybridized carbons (Fsp3) is 0.583. The molecule has 15 heteroatoms. The van der Waals surface area contributed by atoms with Crippen molar-refractivity contribution in [3.8, 4) is 22.4 Å². The first-order chi connectivity index (χ1) is 30.1. The number of hydrogen-bond donors (Lipinski definition) is 4. The summed E-state index contributed by atoms with van der Waals surface area (Å²) < 4.78 is 9.67. The van der Waals surface area contributed by atoms with E-state index in [9.17, 15) is 19.2 Å². The van der Waals surface area contributed by atoms with Crippen molar-refractivity contribution in [2.75, 3.05) is 33.9 Å². The summed E-state index contributed by atoms with van der Waals surface area (Å²) in [7, 11) is 2.62. The van der Waals surface area contributed by atoms with Crippen LogP contribution >= 0.6 is 0 Å². The number of imidazole rings is 1. The van der Waals surface area contributed by atoms with Gasteiger partial charge in [-0.1, -0.05) is 77.9 Å². The third kappa shape index (κ3) is 7.38. The molecule has 1 aromatic heterocycles. The lowest BCUT2D eigenvalue weighted by Gasteiger charge is -2.65. The summed E-state index contributed by atoms with van der Waals surface area (Å²) >= 11 is 0. The first-order valence-electron chi connectivity index (χ1n) is 22.8. The monoisotopic (exact) mass is 861 g/mol. The molecule has 10 atom stereocenters. The highest BCUT2D eigenvalue weighted by atomic mass is 16.5. The molecule has 4 fully saturated rings. The van der Waals surface area contributed by atoms with Gasteiger partial charge in [-0.15, -0.1) is 0 Å². The van der Waals surface area contributed by atoms with E-state index in [0.29, 0.717) is 37.6 Å². The molecule has 2 aromatic carbocycles. The summed E-state index contributed by atoms with van der Waals surface area (Å²) in [4.78, 5) is 72.3. The molecule has 0 radical (unpaired) electrons. The molecular weight excluding hydrogens is 799 g/mol. The number of aliphatic imine (C=N–C) groups is 1. The predicted octanol–water partition coefficient (Wildman–Crippen LogP) is 6.33. The van der Waals surface area contributed by atoms with Crippen molar-refractivity contribution in [1.29, 1.82) is 0 Å². The Hall–Kier alpha value is -5.28. The third-order valence-electron chi connectivity index (χ3n) is 14.8. The van der Waals surface area contributed by atoms with E-state index in [-0.39, 0.29) is 53.4 Å². The van der Waals surface area contributed by atoms with E-state index < -0.39 is 24.3 Å². The number of nitrogens with one attached hydrogen (secondary N) is 4. The largest absolute Gasteiger partial charge is 0.453 e. The number of aromatic amines is 1. The lowest BCUT2D eigenvalue weighted by molar-refractivity contribution is -0.177. The molecule has 3 aromatic rings. The number of H-pyrrole nitrogens is 1. The van der Waals surface area contributed by atoms with Crippen molar-refractivity contribution < 1.29 is 28.7 Å². The van der Waals surface area contributed by atoms with Gasteiger partial charge in [-0.2, -0.15) is 0 Å². The second kappa shape index (κ2) is 16.4. The minimum atomic E-state index is -0.700. The van der Waals surface area contributed by atoms with Crippen molar-refractivity contribution >= 4 is 29.7 Å². The molecule has 0 saturated carbocycles. The number of carbonyl (C=O) groups is 4. The van der Waals surface area contributed by atoms with Gasteiger partial charge in [-0.05, 0) is 84.1 Å². The molecule has 9 rings (SSSR count). The molecule has 4 N–H and O–H groups in total. The number of amides is 4. The van der Waals surface area contributed by atoms with Crippen LogP contribution in [0.25, 0.3) is 22.4 Å². The predicted molar refractivity (Wildman–Crippen MR) is 239 cm³/mol. The maximum atomic E-state index is 14.0. The Kier molecular flexibility index (Phi) is 11.2. The number of ether oxygens (including phenoxy) is 2. The van der Waals surface area contributed by atoms with Gasteiger partial charge in [0, 0.05) is 42.8 Å². The maximum absolute atomic E-state index is 14.0. The Balaban J connectivity index is 0.964. The zero-order valence-electron chi connectivity index (χ0n) is 38.0. The van der Waals surface area contributed by atoms with Crippen LogP contribution in [0, 0.1) is 23.7 Å². The smallest absolute Gasteiger partial charge is 0.407 e. The van der Waals surface area contributed by atoms with Gasteiger partial charge in [-0.25, -0.2) is 14.6 Å². The number of hydrogen-bond acceptors (Lipinski definition) is 10. The Morgan fingerprint density at radius 3 is 1.92 bits per heavy atom. The van der Waals surface area contributed by atoms with Gasteiger partial charge in [0.25, 0.3) is 0 Å². The number of aromatic nitrogens is 2. The minimum absolute atomic E-state index is 0.0919. The van der Waals surface area contributed by atoms with E-state index in [1.807, 2.05) is 43.7 Å². The van der Waals surface area contributed by atoms with Gasteiger partial charge in [0.15, 0.2) is 0 Å². The molecule has 0 bridgehead atoms. The lowest BCUT2D eigenvalue weighted by Crippen LogP contribution is -2.66. The molecule has 7 heterocycles. The van der Waals surface area contributed by atoms with Crippen LogP contribution in [0.2, 0.25) is 0 Å². The number of benzene rings is 2. The van der Waals surface area contributed by atoms with Crippen LogP contribution in [0.1, 0.15) is 115 Å². The molecule has 0 aliphatic carbocycles. The molecule has 6 aliphatic rings. The number of alkyl carbamates (subject to hydrolysis) is 2. The third-order valence-corrected chi connectivity index (χ3v) is 14.8. The zero-order chi connectivity index (χ0) is 44.6. The highest BCUT2D eigenvalue weighted by molar-refractivity contribution is 6.06. The van der Waals surface area contributed by atoms with Crippen LogP contribution in [0.5, 0.6) is 0 Å². The number of likely N-dealkylation sites (tertiary alicyclic amines) is 2. The molecule has 10 unspecified atom stereocenters. The van der Waals surface area contributed by atoms with Crippen LogP contribution in [0.4, 0.5) is 9.59 Å². The SMILES string of the molecule is COC(=O)NC(C(=O)N1CC(C)CC1c1ncc(-c2ccc(-c3ccc(C4=NC(C5CC(C)CN5C(=O)C(NC(=O)OC)C(C)C)NC4)c4c3C3CC5(C)CC4N35)cc2)[nH]1)C(C)C. The molecular formula is C48H63N9O6. The fourth-order valence-electron chi connectivity index (χ4n) is 11.7. The summed E-state index contributed by atoms with van der Waals surface area (Å²) in [6.07, 6.45) is 4.26. The normalized spacial score (nSPS) is 29.1. The van der Waals surface area contributed by atoms with Gasteiger partial charge < -0.3 is 34.9 Å². The highest BCUT2D eigenvalue weighted by Crippen LogP contribution is 2.70. The van der Waals surface area contributed by atoms with Gasteiger partial charge in [0.2, 0.25) is 11.8 Å². The van der Waals surface area contributed by atoms with Gasteiger partial charge >= 0.3 is 12.2 Å². The fourth-order valence-corrected chi connectivity index (χ4v) is 11.7. The summed E-state index contributed by atoms with van der Waals surface area (Å²) in [5, 5.41) is 9.20. The average Bonchev–Trinajstić information content (AvgIpc) is 4.10. The van der Waals surface area contributed by atoms with Crippen molar-refractivity contribution in [3.63, 3.8) is 0 Å². The zero-order valence-corrected chi connectivity index (χ0v) is 38.0. The van der Waals surface area contributed by atoms with E-state index >= 15 is 0 Å². The minimum Gasteiger partial charge on any atom is -0.453 e. The van der Waals surface area contributed by atoms with E-state index in [0.717, 1.165) is 54.0 Å². The summed E-state index contributed by atoms with van der Waals surface area (Å²) in [6, 6.07) is 12.2. The van der Waals surface area contributed by atoms with Crippen LogP contribution < -0.4 is 16.0 Å². The number of nitrogens with zero attached hydrogens (tertiary/aromatic N) is 5. The van der Waals surface area contributed by atoms with Crippen molar-refractivity contribution in [2.24, 2.45) is 28.7 Å². The molecule has 63 heavy (non-hydrogen) atoms. The van der Waals surface area contributed by atoms with Crippen LogP contribution in [0.3, 0.4) is 0 Å². The number of fused-ring (bicyclic) bond motifs is 3. The maximum Gasteiger partial charge on any atom is 0.407 e. The van der Waals surface area contributed by atoms with Crippen molar-refractivity contribution in [1.82, 2.24) is 40.6 Å². The van der Waals surface area contributed by atoms with E-state index in [1.165, 1.54) is 36.5 Å². The van der Waals surface area contributed by atoms with Crippen molar-refractivity contribution in [2.45, 2.75) is 122 Å². The molecule has 4 amide bonds. The van der Waals surface area contributed by atoms with Crippen molar-refractivity contribution in [3.05, 3.63) is 65.1 Å². The first kappa shape index (κ1) is 43.0.